The van der Waals surface area contributed by atoms with Crippen molar-refractivity contribution >= 4 is 17.8 Å². The molecule has 2 amide bonds. The predicted molar refractivity (Wildman–Crippen MR) is 106 cm³/mol. The summed E-state index contributed by atoms with van der Waals surface area (Å²) in [5, 5.41) is 0. The number of amides is 2. The second kappa shape index (κ2) is 10.5. The highest BCUT2D eigenvalue weighted by Gasteiger charge is 2.28. The van der Waals surface area contributed by atoms with Crippen molar-refractivity contribution in [2.75, 3.05) is 26.2 Å². The molecule has 1 fully saturated rings. The van der Waals surface area contributed by atoms with Gasteiger partial charge in [-0.25, -0.2) is 4.98 Å². The van der Waals surface area contributed by atoms with Gasteiger partial charge < -0.3 is 19.0 Å². The van der Waals surface area contributed by atoms with E-state index < -0.39 is 0 Å². The monoisotopic (exact) mass is 414 g/mol. The molecule has 0 spiro atoms. The van der Waals surface area contributed by atoms with Crippen LogP contribution in [0.25, 0.3) is 0 Å². The molecular formula is C21H26N4O5. The molecule has 9 nitrogen and oxygen atoms in total. The van der Waals surface area contributed by atoms with Gasteiger partial charge in [0.25, 0.3) is 5.91 Å². The maximum absolute atomic E-state index is 12.8. The van der Waals surface area contributed by atoms with Crippen LogP contribution in [0.2, 0.25) is 0 Å². The van der Waals surface area contributed by atoms with Crippen LogP contribution in [0.3, 0.4) is 0 Å². The number of piperidine rings is 1. The molecule has 1 aliphatic rings. The van der Waals surface area contributed by atoms with Crippen molar-refractivity contribution in [3.63, 3.8) is 0 Å². The Bertz CT molecular complexity index is 832. The highest BCUT2D eigenvalue weighted by molar-refractivity contribution is 5.92. The highest BCUT2D eigenvalue weighted by atomic mass is 16.5. The van der Waals surface area contributed by atoms with E-state index in [2.05, 4.69) is 9.97 Å². The Morgan fingerprint density at radius 1 is 1.27 bits per heavy atom. The Kier molecular flexibility index (Phi) is 7.53. The quantitative estimate of drug-likeness (QED) is 0.607. The van der Waals surface area contributed by atoms with E-state index in [1.54, 1.807) is 30.2 Å². The minimum atomic E-state index is -0.312. The standard InChI is InChI=1S/C21H26N4O5/c1-2-29-21(28)16-5-10-24(11-6-16)19(26)7-12-25(15-17-4-3-13-30-17)20(27)18-14-22-8-9-23-18/h3-4,8-9,13-14,16H,2,5-7,10-12,15H2,1H3. The van der Waals surface area contributed by atoms with E-state index in [0.29, 0.717) is 38.3 Å². The van der Waals surface area contributed by atoms with Gasteiger partial charge in [0.2, 0.25) is 5.91 Å². The van der Waals surface area contributed by atoms with E-state index in [0.717, 1.165) is 0 Å². The first-order chi connectivity index (χ1) is 14.6. The van der Waals surface area contributed by atoms with Crippen molar-refractivity contribution < 1.29 is 23.5 Å². The third-order valence-corrected chi connectivity index (χ3v) is 5.06. The van der Waals surface area contributed by atoms with E-state index in [1.165, 1.54) is 23.5 Å². The lowest BCUT2D eigenvalue weighted by Crippen LogP contribution is -2.42. The van der Waals surface area contributed by atoms with E-state index in [9.17, 15) is 14.4 Å². The van der Waals surface area contributed by atoms with Crippen LogP contribution in [0, 0.1) is 5.92 Å². The maximum atomic E-state index is 12.8. The molecule has 0 atom stereocenters. The molecule has 0 unspecified atom stereocenters. The van der Waals surface area contributed by atoms with Gasteiger partial charge in [0.1, 0.15) is 11.5 Å². The number of aromatic nitrogens is 2. The molecule has 0 bridgehead atoms. The molecule has 1 aliphatic heterocycles. The fourth-order valence-corrected chi connectivity index (χ4v) is 3.43. The lowest BCUT2D eigenvalue weighted by Gasteiger charge is -2.31. The van der Waals surface area contributed by atoms with Gasteiger partial charge in [-0.2, -0.15) is 0 Å². The minimum absolute atomic E-state index is 0.0475. The van der Waals surface area contributed by atoms with Gasteiger partial charge in [-0.05, 0) is 31.9 Å². The van der Waals surface area contributed by atoms with Gasteiger partial charge in [-0.15, -0.1) is 0 Å². The van der Waals surface area contributed by atoms with Gasteiger partial charge in [0.15, 0.2) is 0 Å². The average molecular weight is 414 g/mol. The van der Waals surface area contributed by atoms with Crippen molar-refractivity contribution in [2.45, 2.75) is 32.7 Å². The summed E-state index contributed by atoms with van der Waals surface area (Å²) in [6.45, 7) is 3.64. The molecule has 0 radical (unpaired) electrons. The van der Waals surface area contributed by atoms with Gasteiger partial charge in [-0.1, -0.05) is 0 Å². The zero-order chi connectivity index (χ0) is 21.3. The molecule has 0 saturated carbocycles. The van der Waals surface area contributed by atoms with Crippen LogP contribution in [0.15, 0.2) is 41.4 Å². The summed E-state index contributed by atoms with van der Waals surface area (Å²) in [4.78, 5) is 48.7. The van der Waals surface area contributed by atoms with Crippen molar-refractivity contribution in [3.8, 4) is 0 Å². The summed E-state index contributed by atoms with van der Waals surface area (Å²) in [6, 6.07) is 3.53. The number of carbonyl (C=O) groups excluding carboxylic acids is 3. The minimum Gasteiger partial charge on any atom is -0.467 e. The normalized spacial score (nSPS) is 14.4. The average Bonchev–Trinajstić information content (AvgIpc) is 3.30. The number of hydrogen-bond donors (Lipinski definition) is 0. The molecule has 3 rings (SSSR count). The van der Waals surface area contributed by atoms with Crippen LogP contribution in [0.4, 0.5) is 0 Å². The first-order valence-electron chi connectivity index (χ1n) is 10.1. The van der Waals surface area contributed by atoms with Crippen LogP contribution in [0.1, 0.15) is 42.4 Å². The molecule has 1 saturated heterocycles. The van der Waals surface area contributed by atoms with Crippen LogP contribution in [-0.2, 0) is 20.9 Å². The van der Waals surface area contributed by atoms with Crippen molar-refractivity contribution in [1.82, 2.24) is 19.8 Å². The Labute approximate surface area is 175 Å². The zero-order valence-corrected chi connectivity index (χ0v) is 17.0. The van der Waals surface area contributed by atoms with Crippen LogP contribution < -0.4 is 0 Å². The molecule has 0 aromatic carbocycles. The number of carbonyl (C=O) groups is 3. The summed E-state index contributed by atoms with van der Waals surface area (Å²) >= 11 is 0. The highest BCUT2D eigenvalue weighted by Crippen LogP contribution is 2.19. The summed E-state index contributed by atoms with van der Waals surface area (Å²) in [5.74, 6) is -0.0802. The number of hydrogen-bond acceptors (Lipinski definition) is 7. The Balaban J connectivity index is 1.56. The number of furan rings is 1. The number of likely N-dealkylation sites (tertiary alicyclic amines) is 1. The Morgan fingerprint density at radius 2 is 2.07 bits per heavy atom. The van der Waals surface area contributed by atoms with Crippen molar-refractivity contribution in [3.05, 3.63) is 48.4 Å². The molecule has 30 heavy (non-hydrogen) atoms. The molecule has 2 aromatic heterocycles. The van der Waals surface area contributed by atoms with Gasteiger partial charge in [0, 0.05) is 38.4 Å². The van der Waals surface area contributed by atoms with Crippen LogP contribution >= 0.6 is 0 Å². The summed E-state index contributed by atoms with van der Waals surface area (Å²) in [6.07, 6.45) is 7.27. The first-order valence-corrected chi connectivity index (χ1v) is 10.1. The molecular weight excluding hydrogens is 388 g/mol. The molecule has 0 aliphatic carbocycles. The lowest BCUT2D eigenvalue weighted by molar-refractivity contribution is -0.151. The van der Waals surface area contributed by atoms with E-state index in [4.69, 9.17) is 9.15 Å². The van der Waals surface area contributed by atoms with Crippen molar-refractivity contribution in [1.29, 1.82) is 0 Å². The number of rotatable bonds is 8. The van der Waals surface area contributed by atoms with Crippen LogP contribution in [-0.4, -0.2) is 63.8 Å². The number of ether oxygens (including phenoxy) is 1. The SMILES string of the molecule is CCOC(=O)C1CCN(C(=O)CCN(Cc2ccco2)C(=O)c2cnccn2)CC1. The predicted octanol–water partition coefficient (Wildman–Crippen LogP) is 1.90. The van der Waals surface area contributed by atoms with Crippen molar-refractivity contribution in [2.24, 2.45) is 5.92 Å². The summed E-state index contributed by atoms with van der Waals surface area (Å²) in [5.41, 5.74) is 0.215. The smallest absolute Gasteiger partial charge is 0.309 e. The van der Waals surface area contributed by atoms with Gasteiger partial charge in [-0.3, -0.25) is 19.4 Å². The van der Waals surface area contributed by atoms with E-state index >= 15 is 0 Å². The lowest BCUT2D eigenvalue weighted by atomic mass is 9.97. The number of esters is 1. The molecule has 9 heteroatoms. The van der Waals surface area contributed by atoms with Gasteiger partial charge in [0.05, 0.1) is 31.5 Å². The Hall–Kier alpha value is -3.23. The fraction of sp³-hybridized carbons (Fsp3) is 0.476. The van der Waals surface area contributed by atoms with Crippen LogP contribution in [0.5, 0.6) is 0 Å². The second-order valence-corrected chi connectivity index (χ2v) is 7.05. The van der Waals surface area contributed by atoms with Gasteiger partial charge >= 0.3 is 5.97 Å². The molecule has 3 heterocycles. The molecule has 2 aromatic rings. The first kappa shape index (κ1) is 21.5. The topological polar surface area (TPSA) is 106 Å². The summed E-state index contributed by atoms with van der Waals surface area (Å²) < 4.78 is 10.4. The maximum Gasteiger partial charge on any atom is 0.309 e. The van der Waals surface area contributed by atoms with E-state index in [-0.39, 0.29) is 48.9 Å². The molecule has 0 N–H and O–H groups in total. The second-order valence-electron chi connectivity index (χ2n) is 7.05. The third-order valence-electron chi connectivity index (χ3n) is 5.06. The largest absolute Gasteiger partial charge is 0.467 e. The fourth-order valence-electron chi connectivity index (χ4n) is 3.43. The van der Waals surface area contributed by atoms with E-state index in [1.807, 2.05) is 0 Å². The third kappa shape index (κ3) is 5.65. The Morgan fingerprint density at radius 3 is 2.70 bits per heavy atom. The number of nitrogens with zero attached hydrogens (tertiary/aromatic N) is 4. The molecule has 160 valence electrons. The summed E-state index contributed by atoms with van der Waals surface area (Å²) in [7, 11) is 0. The zero-order valence-electron chi connectivity index (χ0n) is 17.0.